The highest BCUT2D eigenvalue weighted by molar-refractivity contribution is 7.21. The first-order valence-electron chi connectivity index (χ1n) is 10.4. The number of rotatable bonds is 7. The molecule has 1 aliphatic rings. The van der Waals surface area contributed by atoms with Crippen molar-refractivity contribution in [3.63, 3.8) is 0 Å². The number of ether oxygens (including phenoxy) is 1. The van der Waals surface area contributed by atoms with Gasteiger partial charge in [-0.2, -0.15) is 0 Å². The van der Waals surface area contributed by atoms with Crippen molar-refractivity contribution in [3.05, 3.63) is 64.8 Å². The smallest absolute Gasteiger partial charge is 0.263 e. The van der Waals surface area contributed by atoms with Crippen molar-refractivity contribution in [2.24, 2.45) is 0 Å². The van der Waals surface area contributed by atoms with Gasteiger partial charge >= 0.3 is 0 Å². The standard InChI is InChI=1S/C24H27FN2O2S/c1-26(2)24(28)23-22(20-6-3-4-7-21(20)30-23)17-12-14-27(16-17)13-5-15-29-19-10-8-18(25)9-11-19/h3-4,6-11,17H,5,12-16H2,1-2H3. The summed E-state index contributed by atoms with van der Waals surface area (Å²) in [5.41, 5.74) is 1.22. The van der Waals surface area contributed by atoms with Gasteiger partial charge in [0.2, 0.25) is 0 Å². The summed E-state index contributed by atoms with van der Waals surface area (Å²) < 4.78 is 19.9. The summed E-state index contributed by atoms with van der Waals surface area (Å²) in [6.07, 6.45) is 1.98. The van der Waals surface area contributed by atoms with E-state index in [2.05, 4.69) is 23.1 Å². The van der Waals surface area contributed by atoms with Crippen molar-refractivity contribution >= 4 is 27.3 Å². The number of halogens is 1. The molecule has 3 aromatic rings. The Morgan fingerprint density at radius 3 is 2.73 bits per heavy atom. The summed E-state index contributed by atoms with van der Waals surface area (Å²) in [7, 11) is 3.64. The van der Waals surface area contributed by atoms with E-state index in [1.807, 2.05) is 20.2 Å². The molecular formula is C24H27FN2O2S. The summed E-state index contributed by atoms with van der Waals surface area (Å²) in [5.74, 6) is 0.918. The van der Waals surface area contributed by atoms with Gasteiger partial charge in [-0.1, -0.05) is 18.2 Å². The molecule has 0 N–H and O–H groups in total. The summed E-state index contributed by atoms with van der Waals surface area (Å²) in [6, 6.07) is 14.5. The zero-order valence-corrected chi connectivity index (χ0v) is 18.3. The van der Waals surface area contributed by atoms with E-state index in [1.165, 1.54) is 27.8 Å². The third-order valence-corrected chi connectivity index (χ3v) is 6.79. The monoisotopic (exact) mass is 426 g/mol. The molecule has 4 rings (SSSR count). The molecular weight excluding hydrogens is 399 g/mol. The molecule has 4 nitrogen and oxygen atoms in total. The Morgan fingerprint density at radius 2 is 1.97 bits per heavy atom. The zero-order chi connectivity index (χ0) is 21.1. The molecule has 158 valence electrons. The predicted molar refractivity (Wildman–Crippen MR) is 120 cm³/mol. The molecule has 2 heterocycles. The SMILES string of the molecule is CN(C)C(=O)c1sc2ccccc2c1C1CCN(CCCOc2ccc(F)cc2)C1. The lowest BCUT2D eigenvalue weighted by Gasteiger charge is -2.18. The molecule has 2 aromatic carbocycles. The number of carbonyl (C=O) groups excluding carboxylic acids is 1. The molecule has 6 heteroatoms. The third kappa shape index (κ3) is 4.50. The molecule has 1 atom stereocenters. The van der Waals surface area contributed by atoms with Gasteiger partial charge in [0.1, 0.15) is 11.6 Å². The summed E-state index contributed by atoms with van der Waals surface area (Å²) in [4.78, 5) is 17.8. The number of likely N-dealkylation sites (tertiary alicyclic amines) is 1. The highest BCUT2D eigenvalue weighted by atomic mass is 32.1. The van der Waals surface area contributed by atoms with Crippen LogP contribution in [0.2, 0.25) is 0 Å². The lowest BCUT2D eigenvalue weighted by Crippen LogP contribution is -2.24. The fourth-order valence-corrected chi connectivity index (χ4v) is 5.42. The number of thiophene rings is 1. The van der Waals surface area contributed by atoms with Crippen LogP contribution in [0, 0.1) is 5.82 Å². The highest BCUT2D eigenvalue weighted by Crippen LogP contribution is 2.40. The molecule has 0 aliphatic carbocycles. The van der Waals surface area contributed by atoms with Crippen molar-refractivity contribution in [3.8, 4) is 5.75 Å². The fourth-order valence-electron chi connectivity index (χ4n) is 4.11. The average Bonchev–Trinajstić information content (AvgIpc) is 3.36. The Morgan fingerprint density at radius 1 is 1.20 bits per heavy atom. The Kier molecular flexibility index (Phi) is 6.35. The second-order valence-corrected chi connectivity index (χ2v) is 9.03. The van der Waals surface area contributed by atoms with Crippen LogP contribution in [0.5, 0.6) is 5.75 Å². The number of amides is 1. The van der Waals surface area contributed by atoms with Gasteiger partial charge in [0.05, 0.1) is 11.5 Å². The van der Waals surface area contributed by atoms with Crippen LogP contribution in [-0.2, 0) is 0 Å². The quantitative estimate of drug-likeness (QED) is 0.499. The van der Waals surface area contributed by atoms with Crippen LogP contribution >= 0.6 is 11.3 Å². The largest absolute Gasteiger partial charge is 0.494 e. The first-order chi connectivity index (χ1) is 14.5. The maximum absolute atomic E-state index is 13.0. The van der Waals surface area contributed by atoms with E-state index in [9.17, 15) is 9.18 Å². The van der Waals surface area contributed by atoms with E-state index < -0.39 is 0 Å². The van der Waals surface area contributed by atoms with E-state index in [0.717, 1.165) is 37.4 Å². The van der Waals surface area contributed by atoms with Gasteiger partial charge in [-0.3, -0.25) is 4.79 Å². The van der Waals surface area contributed by atoms with Gasteiger partial charge in [-0.25, -0.2) is 4.39 Å². The third-order valence-electron chi connectivity index (χ3n) is 5.62. The zero-order valence-electron chi connectivity index (χ0n) is 17.4. The molecule has 0 spiro atoms. The number of hydrogen-bond donors (Lipinski definition) is 0. The van der Waals surface area contributed by atoms with Crippen molar-refractivity contribution in [1.82, 2.24) is 9.80 Å². The first kappa shape index (κ1) is 20.8. The predicted octanol–water partition coefficient (Wildman–Crippen LogP) is 5.00. The van der Waals surface area contributed by atoms with E-state index in [4.69, 9.17) is 4.74 Å². The topological polar surface area (TPSA) is 32.8 Å². The number of benzene rings is 2. The van der Waals surface area contributed by atoms with Gasteiger partial charge < -0.3 is 14.5 Å². The lowest BCUT2D eigenvalue weighted by molar-refractivity contribution is 0.0831. The molecule has 0 radical (unpaired) electrons. The van der Waals surface area contributed by atoms with E-state index in [1.54, 1.807) is 28.4 Å². The van der Waals surface area contributed by atoms with Crippen molar-refractivity contribution in [2.45, 2.75) is 18.8 Å². The average molecular weight is 427 g/mol. The van der Waals surface area contributed by atoms with Crippen molar-refractivity contribution in [1.29, 1.82) is 0 Å². The summed E-state index contributed by atoms with van der Waals surface area (Å²) >= 11 is 1.61. The van der Waals surface area contributed by atoms with Crippen LogP contribution in [0.4, 0.5) is 4.39 Å². The summed E-state index contributed by atoms with van der Waals surface area (Å²) in [5, 5.41) is 1.22. The second kappa shape index (κ2) is 9.14. The van der Waals surface area contributed by atoms with E-state index in [0.29, 0.717) is 18.3 Å². The fraction of sp³-hybridized carbons (Fsp3) is 0.375. The molecule has 30 heavy (non-hydrogen) atoms. The molecule has 1 amide bonds. The minimum absolute atomic E-state index is 0.0948. The van der Waals surface area contributed by atoms with Gasteiger partial charge in [0.25, 0.3) is 5.91 Å². The van der Waals surface area contributed by atoms with Crippen LogP contribution in [0.25, 0.3) is 10.1 Å². The van der Waals surface area contributed by atoms with Crippen LogP contribution in [0.1, 0.15) is 34.0 Å². The van der Waals surface area contributed by atoms with Crippen LogP contribution in [0.15, 0.2) is 48.5 Å². The van der Waals surface area contributed by atoms with Crippen molar-refractivity contribution in [2.75, 3.05) is 40.3 Å². The van der Waals surface area contributed by atoms with E-state index >= 15 is 0 Å². The van der Waals surface area contributed by atoms with Gasteiger partial charge in [0.15, 0.2) is 0 Å². The normalized spacial score (nSPS) is 16.8. The molecule has 1 unspecified atom stereocenters. The molecule has 0 saturated carbocycles. The number of nitrogens with zero attached hydrogens (tertiary/aromatic N) is 2. The Labute approximate surface area is 180 Å². The maximum Gasteiger partial charge on any atom is 0.263 e. The minimum Gasteiger partial charge on any atom is -0.494 e. The van der Waals surface area contributed by atoms with Crippen LogP contribution < -0.4 is 4.74 Å². The first-order valence-corrected chi connectivity index (χ1v) is 11.2. The molecule has 1 fully saturated rings. The summed E-state index contributed by atoms with van der Waals surface area (Å²) in [6.45, 7) is 3.56. The number of carbonyl (C=O) groups is 1. The van der Waals surface area contributed by atoms with Gasteiger partial charge in [-0.15, -0.1) is 11.3 Å². The Bertz CT molecular complexity index is 1020. The maximum atomic E-state index is 13.0. The highest BCUT2D eigenvalue weighted by Gasteiger charge is 2.30. The Balaban J connectivity index is 1.39. The van der Waals surface area contributed by atoms with Crippen molar-refractivity contribution < 1.29 is 13.9 Å². The molecule has 1 saturated heterocycles. The lowest BCUT2D eigenvalue weighted by atomic mass is 9.95. The van der Waals surface area contributed by atoms with Crippen LogP contribution in [0.3, 0.4) is 0 Å². The van der Waals surface area contributed by atoms with Gasteiger partial charge in [0, 0.05) is 37.8 Å². The number of fused-ring (bicyclic) bond motifs is 1. The molecule has 1 aliphatic heterocycles. The van der Waals surface area contributed by atoms with Gasteiger partial charge in [-0.05, 0) is 60.7 Å². The Hall–Kier alpha value is -2.44. The molecule has 0 bridgehead atoms. The molecule has 1 aromatic heterocycles. The minimum atomic E-state index is -0.251. The van der Waals surface area contributed by atoms with E-state index in [-0.39, 0.29) is 11.7 Å². The second-order valence-electron chi connectivity index (χ2n) is 7.98. The number of hydrogen-bond acceptors (Lipinski definition) is 4. The van der Waals surface area contributed by atoms with Crippen LogP contribution in [-0.4, -0.2) is 56.0 Å².